The number of halogens is 2. The third kappa shape index (κ3) is 1.60. The van der Waals surface area contributed by atoms with Crippen molar-refractivity contribution in [3.63, 3.8) is 0 Å². The fourth-order valence-electron chi connectivity index (χ4n) is 1.30. The first-order valence-corrected chi connectivity index (χ1v) is 5.06. The molecule has 16 heavy (non-hydrogen) atoms. The highest BCUT2D eigenvalue weighted by Gasteiger charge is 2.14. The minimum Gasteiger partial charge on any atom is -0.392 e. The second-order valence-electron chi connectivity index (χ2n) is 3.01. The molecule has 1 aromatic heterocycles. The summed E-state index contributed by atoms with van der Waals surface area (Å²) in [6, 6.07) is 5.09. The van der Waals surface area contributed by atoms with Gasteiger partial charge in [-0.25, -0.2) is 9.53 Å². The number of benzene rings is 1. The summed E-state index contributed by atoms with van der Waals surface area (Å²) in [5, 5.41) is 4.85. The van der Waals surface area contributed by atoms with E-state index >= 15 is 0 Å². The Hall–Kier alpha value is -1.70. The molecule has 0 aliphatic carbocycles. The van der Waals surface area contributed by atoms with Crippen molar-refractivity contribution in [2.75, 3.05) is 5.73 Å². The molecule has 0 amide bonds. The molecule has 0 atom stereocenters. The number of hydrogen-bond acceptors (Lipinski definition) is 2. The lowest BCUT2D eigenvalue weighted by Crippen LogP contribution is -2.02. The quantitative estimate of drug-likeness (QED) is 0.792. The number of anilines is 1. The maximum absolute atomic E-state index is 6.89. The molecule has 0 aliphatic heterocycles. The highest BCUT2D eigenvalue weighted by atomic mass is 35.5. The summed E-state index contributed by atoms with van der Waals surface area (Å²) >= 11 is 12.0. The molecule has 0 aliphatic rings. The van der Waals surface area contributed by atoms with E-state index < -0.39 is 0 Å². The predicted molar refractivity (Wildman–Crippen MR) is 64.3 cm³/mol. The van der Waals surface area contributed by atoms with Crippen LogP contribution in [0.3, 0.4) is 0 Å². The molecule has 0 saturated carbocycles. The van der Waals surface area contributed by atoms with Crippen LogP contribution in [0.2, 0.25) is 10.0 Å². The Labute approximate surface area is 102 Å². The summed E-state index contributed by atoms with van der Waals surface area (Å²) in [5.41, 5.74) is 6.51. The van der Waals surface area contributed by atoms with Crippen molar-refractivity contribution in [3.05, 3.63) is 45.9 Å². The van der Waals surface area contributed by atoms with E-state index in [-0.39, 0.29) is 11.5 Å². The van der Waals surface area contributed by atoms with Crippen molar-refractivity contribution >= 4 is 34.7 Å². The van der Waals surface area contributed by atoms with Crippen LogP contribution in [0.25, 0.3) is 10.5 Å². The molecular formula is C10H6Cl2N4. The van der Waals surface area contributed by atoms with Gasteiger partial charge in [-0.1, -0.05) is 29.3 Å². The lowest BCUT2D eigenvalue weighted by Gasteiger charge is -2.08. The molecule has 0 saturated heterocycles. The largest absolute Gasteiger partial charge is 0.392 e. The highest BCUT2D eigenvalue weighted by molar-refractivity contribution is 6.37. The summed E-state index contributed by atoms with van der Waals surface area (Å²) in [5.74, 6) is 0.227. The predicted octanol–water partition coefficient (Wildman–Crippen LogP) is 3.31. The van der Waals surface area contributed by atoms with Gasteiger partial charge in [0.05, 0.1) is 22.8 Å². The van der Waals surface area contributed by atoms with Gasteiger partial charge in [0.1, 0.15) is 11.5 Å². The number of hydrogen-bond donors (Lipinski definition) is 1. The second kappa shape index (κ2) is 4.05. The van der Waals surface area contributed by atoms with Gasteiger partial charge in [-0.3, -0.25) is 0 Å². The molecule has 0 radical (unpaired) electrons. The first-order chi connectivity index (χ1) is 7.65. The van der Waals surface area contributed by atoms with Gasteiger partial charge < -0.3 is 5.73 Å². The van der Waals surface area contributed by atoms with Gasteiger partial charge in [0, 0.05) is 0 Å². The van der Waals surface area contributed by atoms with E-state index in [1.165, 1.54) is 10.9 Å². The summed E-state index contributed by atoms with van der Waals surface area (Å²) in [4.78, 5) is 3.23. The lowest BCUT2D eigenvalue weighted by molar-refractivity contribution is 0.892. The van der Waals surface area contributed by atoms with E-state index in [9.17, 15) is 0 Å². The van der Waals surface area contributed by atoms with E-state index in [4.69, 9.17) is 35.5 Å². The molecule has 2 N–H and O–H groups in total. The number of nitrogen functional groups attached to an aromatic ring is 1. The molecule has 2 aromatic rings. The topological polar surface area (TPSA) is 48.2 Å². The molecule has 6 heteroatoms. The molecular weight excluding hydrogens is 247 g/mol. The molecule has 0 spiro atoms. The molecule has 1 heterocycles. The minimum atomic E-state index is 0.227. The molecule has 0 fully saturated rings. The SMILES string of the molecule is [C-]#[N+]c1cnn(-c2c(Cl)cccc2Cl)c1N. The van der Waals surface area contributed by atoms with Crippen molar-refractivity contribution in [2.45, 2.75) is 0 Å². The third-order valence-electron chi connectivity index (χ3n) is 2.06. The normalized spacial score (nSPS) is 10.1. The summed E-state index contributed by atoms with van der Waals surface area (Å²) in [6.07, 6.45) is 1.38. The molecule has 0 unspecified atom stereocenters. The van der Waals surface area contributed by atoms with Gasteiger partial charge in [0.15, 0.2) is 0 Å². The summed E-state index contributed by atoms with van der Waals surface area (Å²) in [7, 11) is 0. The highest BCUT2D eigenvalue weighted by Crippen LogP contribution is 2.32. The minimum absolute atomic E-state index is 0.227. The van der Waals surface area contributed by atoms with Gasteiger partial charge in [-0.2, -0.15) is 5.10 Å². The van der Waals surface area contributed by atoms with E-state index in [2.05, 4.69) is 9.94 Å². The average molecular weight is 253 g/mol. The second-order valence-corrected chi connectivity index (χ2v) is 3.82. The Morgan fingerprint density at radius 1 is 1.31 bits per heavy atom. The Morgan fingerprint density at radius 2 is 1.94 bits per heavy atom. The molecule has 2 rings (SSSR count). The standard InChI is InChI=1S/C10H6Cl2N4/c1-14-8-5-15-16(10(8)13)9-6(11)3-2-4-7(9)12/h2-5H,13H2. The number of nitrogens with two attached hydrogens (primary N) is 1. The number of aromatic nitrogens is 2. The maximum atomic E-state index is 6.89. The van der Waals surface area contributed by atoms with Crippen LogP contribution in [-0.2, 0) is 0 Å². The molecule has 4 nitrogen and oxygen atoms in total. The fourth-order valence-corrected chi connectivity index (χ4v) is 1.86. The van der Waals surface area contributed by atoms with Crippen LogP contribution in [0.4, 0.5) is 11.5 Å². The third-order valence-corrected chi connectivity index (χ3v) is 2.67. The number of para-hydroxylation sites is 1. The summed E-state index contributed by atoms with van der Waals surface area (Å²) < 4.78 is 1.36. The zero-order chi connectivity index (χ0) is 11.7. The van der Waals surface area contributed by atoms with E-state index in [0.717, 1.165) is 0 Å². The van der Waals surface area contributed by atoms with Crippen molar-refractivity contribution in [3.8, 4) is 5.69 Å². The van der Waals surface area contributed by atoms with Gasteiger partial charge in [-0.05, 0) is 12.1 Å². The van der Waals surface area contributed by atoms with E-state index in [1.807, 2.05) is 0 Å². The van der Waals surface area contributed by atoms with Crippen LogP contribution < -0.4 is 5.73 Å². The lowest BCUT2D eigenvalue weighted by atomic mass is 10.3. The first kappa shape index (κ1) is 10.8. The number of rotatable bonds is 1. The van der Waals surface area contributed by atoms with Crippen molar-refractivity contribution in [2.24, 2.45) is 0 Å². The van der Waals surface area contributed by atoms with Crippen LogP contribution in [0.5, 0.6) is 0 Å². The first-order valence-electron chi connectivity index (χ1n) is 4.30. The fraction of sp³-hybridized carbons (Fsp3) is 0. The Bertz CT molecular complexity index is 563. The smallest absolute Gasteiger partial charge is 0.247 e. The number of nitrogens with zero attached hydrogens (tertiary/aromatic N) is 3. The van der Waals surface area contributed by atoms with E-state index in [1.54, 1.807) is 18.2 Å². The van der Waals surface area contributed by atoms with Crippen LogP contribution >= 0.6 is 23.2 Å². The average Bonchev–Trinajstić information content (AvgIpc) is 2.60. The van der Waals surface area contributed by atoms with Gasteiger partial charge in [-0.15, -0.1) is 0 Å². The molecule has 80 valence electrons. The zero-order valence-electron chi connectivity index (χ0n) is 7.98. The van der Waals surface area contributed by atoms with Crippen LogP contribution in [-0.4, -0.2) is 9.78 Å². The monoisotopic (exact) mass is 252 g/mol. The zero-order valence-corrected chi connectivity index (χ0v) is 9.50. The van der Waals surface area contributed by atoms with E-state index in [0.29, 0.717) is 15.7 Å². The Morgan fingerprint density at radius 3 is 2.44 bits per heavy atom. The van der Waals surface area contributed by atoms with Crippen LogP contribution in [0.1, 0.15) is 0 Å². The Balaban J connectivity index is 2.69. The molecule has 0 bridgehead atoms. The van der Waals surface area contributed by atoms with Crippen LogP contribution in [0.15, 0.2) is 24.4 Å². The van der Waals surface area contributed by atoms with Crippen LogP contribution in [0, 0.1) is 6.57 Å². The van der Waals surface area contributed by atoms with Gasteiger partial charge in [0.2, 0.25) is 5.69 Å². The molecule has 1 aromatic carbocycles. The Kier molecular flexibility index (Phi) is 2.73. The maximum Gasteiger partial charge on any atom is 0.247 e. The van der Waals surface area contributed by atoms with Gasteiger partial charge >= 0.3 is 0 Å². The van der Waals surface area contributed by atoms with Crippen molar-refractivity contribution in [1.82, 2.24) is 9.78 Å². The van der Waals surface area contributed by atoms with Gasteiger partial charge in [0.25, 0.3) is 0 Å². The van der Waals surface area contributed by atoms with Crippen molar-refractivity contribution in [1.29, 1.82) is 0 Å². The van der Waals surface area contributed by atoms with Crippen molar-refractivity contribution < 1.29 is 0 Å². The summed E-state index contributed by atoms with van der Waals surface area (Å²) in [6.45, 7) is 6.89.